The Hall–Kier alpha value is -1.05. The van der Waals surface area contributed by atoms with Gasteiger partial charge in [-0.05, 0) is 36.0 Å². The van der Waals surface area contributed by atoms with Crippen molar-refractivity contribution >= 4 is 10.0 Å². The Morgan fingerprint density at radius 2 is 2.05 bits per heavy atom. The van der Waals surface area contributed by atoms with Crippen molar-refractivity contribution in [1.82, 2.24) is 4.72 Å². The Bertz CT molecular complexity index is 589. The molecular formula is C12H15F2NO3S. The van der Waals surface area contributed by atoms with Gasteiger partial charge in [0, 0.05) is 6.54 Å². The Balaban J connectivity index is 2.25. The standard InChI is InChI=1S/C12H15F2NO3S/c1-7-2-9(7)5-15-19(17,18)11-4-8(6-16)3-10(13)12(11)14/h3-4,7,9,15-16H,2,5-6H2,1H3. The molecule has 0 aromatic heterocycles. The number of benzene rings is 1. The molecule has 1 aliphatic carbocycles. The van der Waals surface area contributed by atoms with Gasteiger partial charge in [0.2, 0.25) is 10.0 Å². The number of hydrogen-bond acceptors (Lipinski definition) is 3. The first kappa shape index (κ1) is 14.4. The third kappa shape index (κ3) is 3.10. The number of hydrogen-bond donors (Lipinski definition) is 2. The number of nitrogens with one attached hydrogen (secondary N) is 1. The molecule has 0 bridgehead atoms. The molecule has 0 radical (unpaired) electrons. The summed E-state index contributed by atoms with van der Waals surface area (Å²) in [6.07, 6.45) is 0.927. The molecule has 0 saturated heterocycles. The van der Waals surface area contributed by atoms with Gasteiger partial charge in [0.15, 0.2) is 11.6 Å². The Morgan fingerprint density at radius 1 is 1.42 bits per heavy atom. The van der Waals surface area contributed by atoms with E-state index in [0.717, 1.165) is 18.6 Å². The van der Waals surface area contributed by atoms with Crippen molar-refractivity contribution in [3.8, 4) is 0 Å². The van der Waals surface area contributed by atoms with Crippen LogP contribution in [0.4, 0.5) is 8.78 Å². The molecule has 19 heavy (non-hydrogen) atoms. The lowest BCUT2D eigenvalue weighted by molar-refractivity contribution is 0.280. The van der Waals surface area contributed by atoms with Crippen LogP contribution in [0.1, 0.15) is 18.9 Å². The summed E-state index contributed by atoms with van der Waals surface area (Å²) < 4.78 is 52.9. The number of sulfonamides is 1. The second-order valence-electron chi connectivity index (χ2n) is 4.87. The molecule has 106 valence electrons. The maximum Gasteiger partial charge on any atom is 0.243 e. The topological polar surface area (TPSA) is 66.4 Å². The molecule has 1 aromatic carbocycles. The maximum atomic E-state index is 13.6. The Morgan fingerprint density at radius 3 is 2.58 bits per heavy atom. The van der Waals surface area contributed by atoms with Crippen molar-refractivity contribution in [2.45, 2.75) is 24.8 Å². The molecule has 7 heteroatoms. The number of aliphatic hydroxyl groups excluding tert-OH is 1. The summed E-state index contributed by atoms with van der Waals surface area (Å²) in [4.78, 5) is -0.759. The predicted molar refractivity (Wildman–Crippen MR) is 64.7 cm³/mol. The fourth-order valence-electron chi connectivity index (χ4n) is 1.88. The zero-order valence-corrected chi connectivity index (χ0v) is 11.2. The van der Waals surface area contributed by atoms with Crippen molar-refractivity contribution < 1.29 is 22.3 Å². The van der Waals surface area contributed by atoms with Gasteiger partial charge in [0.25, 0.3) is 0 Å². The normalized spacial score (nSPS) is 22.5. The first-order valence-corrected chi connectivity index (χ1v) is 7.42. The van der Waals surface area contributed by atoms with Crippen LogP contribution in [0, 0.1) is 23.5 Å². The van der Waals surface area contributed by atoms with Gasteiger partial charge in [0.05, 0.1) is 6.61 Å². The summed E-state index contributed by atoms with van der Waals surface area (Å²) in [5, 5.41) is 8.90. The molecule has 1 aliphatic rings. The van der Waals surface area contributed by atoms with E-state index in [1.54, 1.807) is 0 Å². The molecule has 2 rings (SSSR count). The van der Waals surface area contributed by atoms with E-state index in [1.807, 2.05) is 6.92 Å². The van der Waals surface area contributed by atoms with Crippen molar-refractivity contribution in [3.05, 3.63) is 29.3 Å². The maximum absolute atomic E-state index is 13.6. The summed E-state index contributed by atoms with van der Waals surface area (Å²) in [6.45, 7) is 1.65. The quantitative estimate of drug-likeness (QED) is 0.861. The van der Waals surface area contributed by atoms with Crippen molar-refractivity contribution in [2.24, 2.45) is 11.8 Å². The lowest BCUT2D eigenvalue weighted by Gasteiger charge is -2.09. The van der Waals surface area contributed by atoms with E-state index in [4.69, 9.17) is 5.11 Å². The van der Waals surface area contributed by atoms with E-state index in [9.17, 15) is 17.2 Å². The minimum Gasteiger partial charge on any atom is -0.392 e. The third-order valence-corrected chi connectivity index (χ3v) is 4.76. The molecule has 1 aromatic rings. The summed E-state index contributed by atoms with van der Waals surface area (Å²) in [6, 6.07) is 1.72. The van der Waals surface area contributed by atoms with Crippen LogP contribution in [0.5, 0.6) is 0 Å². The van der Waals surface area contributed by atoms with Gasteiger partial charge in [-0.1, -0.05) is 6.92 Å². The Kier molecular flexibility index (Phi) is 3.89. The molecule has 1 saturated carbocycles. The summed E-state index contributed by atoms with van der Waals surface area (Å²) in [5.74, 6) is -2.00. The van der Waals surface area contributed by atoms with Crippen molar-refractivity contribution in [2.75, 3.05) is 6.54 Å². The molecule has 2 unspecified atom stereocenters. The first-order chi connectivity index (χ1) is 8.85. The lowest BCUT2D eigenvalue weighted by atomic mass is 10.2. The minimum absolute atomic E-state index is 0.0130. The first-order valence-electron chi connectivity index (χ1n) is 5.93. The van der Waals surface area contributed by atoms with E-state index in [1.165, 1.54) is 0 Å². The zero-order chi connectivity index (χ0) is 14.2. The molecular weight excluding hydrogens is 276 g/mol. The highest BCUT2D eigenvalue weighted by Gasteiger charge is 2.34. The van der Waals surface area contributed by atoms with Crippen LogP contribution in [-0.4, -0.2) is 20.1 Å². The van der Waals surface area contributed by atoms with E-state index >= 15 is 0 Å². The van der Waals surface area contributed by atoms with Crippen LogP contribution in [-0.2, 0) is 16.6 Å². The van der Waals surface area contributed by atoms with E-state index < -0.39 is 33.2 Å². The largest absolute Gasteiger partial charge is 0.392 e. The van der Waals surface area contributed by atoms with Crippen LogP contribution in [0.3, 0.4) is 0 Å². The van der Waals surface area contributed by atoms with Gasteiger partial charge in [-0.3, -0.25) is 0 Å². The minimum atomic E-state index is -4.10. The fraction of sp³-hybridized carbons (Fsp3) is 0.500. The summed E-state index contributed by atoms with van der Waals surface area (Å²) >= 11 is 0. The monoisotopic (exact) mass is 291 g/mol. The van der Waals surface area contributed by atoms with Crippen LogP contribution in [0.2, 0.25) is 0 Å². The molecule has 0 aliphatic heterocycles. The fourth-order valence-corrected chi connectivity index (χ4v) is 3.11. The van der Waals surface area contributed by atoms with Crippen LogP contribution in [0.25, 0.3) is 0 Å². The van der Waals surface area contributed by atoms with Gasteiger partial charge in [0.1, 0.15) is 4.90 Å². The van der Waals surface area contributed by atoms with Gasteiger partial charge in [-0.15, -0.1) is 0 Å². The zero-order valence-electron chi connectivity index (χ0n) is 10.4. The van der Waals surface area contributed by atoms with Gasteiger partial charge < -0.3 is 5.11 Å². The average molecular weight is 291 g/mol. The molecule has 0 spiro atoms. The van der Waals surface area contributed by atoms with Crippen LogP contribution >= 0.6 is 0 Å². The number of halogens is 2. The van der Waals surface area contributed by atoms with E-state index in [-0.39, 0.29) is 18.0 Å². The van der Waals surface area contributed by atoms with E-state index in [0.29, 0.717) is 5.92 Å². The predicted octanol–water partition coefficient (Wildman–Crippen LogP) is 1.39. The number of aliphatic hydroxyl groups is 1. The molecule has 1 fully saturated rings. The van der Waals surface area contributed by atoms with Crippen LogP contribution in [0.15, 0.2) is 17.0 Å². The molecule has 2 N–H and O–H groups in total. The molecule has 4 nitrogen and oxygen atoms in total. The van der Waals surface area contributed by atoms with Crippen molar-refractivity contribution in [1.29, 1.82) is 0 Å². The Labute approximate surface area is 110 Å². The molecule has 0 amide bonds. The van der Waals surface area contributed by atoms with E-state index in [2.05, 4.69) is 4.72 Å². The highest BCUT2D eigenvalue weighted by atomic mass is 32.2. The SMILES string of the molecule is CC1CC1CNS(=O)(=O)c1cc(CO)cc(F)c1F. The number of rotatable bonds is 5. The smallest absolute Gasteiger partial charge is 0.243 e. The van der Waals surface area contributed by atoms with Crippen molar-refractivity contribution in [3.63, 3.8) is 0 Å². The van der Waals surface area contributed by atoms with Crippen LogP contribution < -0.4 is 4.72 Å². The average Bonchev–Trinajstić information content (AvgIpc) is 3.06. The lowest BCUT2D eigenvalue weighted by Crippen LogP contribution is -2.27. The van der Waals surface area contributed by atoms with Gasteiger partial charge in [-0.2, -0.15) is 0 Å². The summed E-state index contributed by atoms with van der Waals surface area (Å²) in [5.41, 5.74) is 0.0130. The highest BCUT2D eigenvalue weighted by Crippen LogP contribution is 2.37. The molecule has 0 heterocycles. The van der Waals surface area contributed by atoms with Gasteiger partial charge >= 0.3 is 0 Å². The second-order valence-corrected chi connectivity index (χ2v) is 6.61. The highest BCUT2D eigenvalue weighted by molar-refractivity contribution is 7.89. The summed E-state index contributed by atoms with van der Waals surface area (Å²) in [7, 11) is -4.10. The van der Waals surface area contributed by atoms with Gasteiger partial charge in [-0.25, -0.2) is 21.9 Å². The third-order valence-electron chi connectivity index (χ3n) is 3.34. The molecule has 2 atom stereocenters. The second kappa shape index (κ2) is 5.15.